The lowest BCUT2D eigenvalue weighted by molar-refractivity contribution is -0.142. The molecule has 0 radical (unpaired) electrons. The summed E-state index contributed by atoms with van der Waals surface area (Å²) in [5.74, 6) is -1.80. The molecule has 0 aromatic heterocycles. The van der Waals surface area contributed by atoms with Gasteiger partial charge in [-0.2, -0.15) is 5.26 Å². The third-order valence-corrected chi connectivity index (χ3v) is 4.70. The van der Waals surface area contributed by atoms with Gasteiger partial charge in [0.15, 0.2) is 0 Å². The number of carbonyl (C=O) groups is 3. The van der Waals surface area contributed by atoms with Gasteiger partial charge in [0, 0.05) is 6.42 Å². The summed E-state index contributed by atoms with van der Waals surface area (Å²) in [6, 6.07) is 15.5. The van der Waals surface area contributed by atoms with Crippen LogP contribution in [0.3, 0.4) is 0 Å². The maximum atomic E-state index is 12.8. The van der Waals surface area contributed by atoms with E-state index in [2.05, 4.69) is 10.6 Å². The highest BCUT2D eigenvalue weighted by Gasteiger charge is 2.28. The van der Waals surface area contributed by atoms with E-state index in [1.54, 1.807) is 24.3 Å². The van der Waals surface area contributed by atoms with Gasteiger partial charge in [-0.05, 0) is 29.5 Å². The molecule has 0 aliphatic rings. The normalized spacial score (nSPS) is 12.3. The third kappa shape index (κ3) is 7.76. The van der Waals surface area contributed by atoms with Gasteiger partial charge in [-0.25, -0.2) is 9.59 Å². The molecule has 2 aromatic carbocycles. The second-order valence-electron chi connectivity index (χ2n) is 7.76. The van der Waals surface area contributed by atoms with Crippen molar-refractivity contribution in [1.29, 1.82) is 5.26 Å². The molecular weight excluding hydrogens is 410 g/mol. The first kappa shape index (κ1) is 24.4. The van der Waals surface area contributed by atoms with E-state index in [-0.39, 0.29) is 18.9 Å². The van der Waals surface area contributed by atoms with Crippen molar-refractivity contribution in [2.24, 2.45) is 5.92 Å². The summed E-state index contributed by atoms with van der Waals surface area (Å²) in [4.78, 5) is 36.8. The van der Waals surface area contributed by atoms with E-state index in [0.717, 1.165) is 5.56 Å². The number of rotatable bonds is 10. The predicted octanol–water partition coefficient (Wildman–Crippen LogP) is 3.01. The topological polar surface area (TPSA) is 129 Å². The molecular formula is C24H27N3O5. The molecule has 0 fully saturated rings. The Bertz CT molecular complexity index is 969. The molecule has 0 unspecified atom stereocenters. The summed E-state index contributed by atoms with van der Waals surface area (Å²) in [5.41, 5.74) is 1.65. The highest BCUT2D eigenvalue weighted by molar-refractivity contribution is 5.89. The van der Waals surface area contributed by atoms with Crippen LogP contribution in [0.5, 0.6) is 0 Å². The lowest BCUT2D eigenvalue weighted by Gasteiger charge is -2.23. The number of ether oxygens (including phenoxy) is 1. The Hall–Kier alpha value is -3.86. The quantitative estimate of drug-likeness (QED) is 0.524. The zero-order valence-corrected chi connectivity index (χ0v) is 18.1. The molecule has 2 atom stereocenters. The Balaban J connectivity index is 2.04. The van der Waals surface area contributed by atoms with Crippen LogP contribution in [0.25, 0.3) is 0 Å². The largest absolute Gasteiger partial charge is 0.480 e. The molecule has 2 rings (SSSR count). The molecule has 32 heavy (non-hydrogen) atoms. The van der Waals surface area contributed by atoms with Crippen LogP contribution in [0.4, 0.5) is 4.79 Å². The van der Waals surface area contributed by atoms with Crippen molar-refractivity contribution < 1.29 is 24.2 Å². The first-order chi connectivity index (χ1) is 15.3. The molecule has 3 N–H and O–H groups in total. The zero-order valence-electron chi connectivity index (χ0n) is 18.1. The molecule has 0 heterocycles. The lowest BCUT2D eigenvalue weighted by Crippen LogP contribution is -2.52. The van der Waals surface area contributed by atoms with Crippen molar-refractivity contribution in [3.8, 4) is 6.07 Å². The fourth-order valence-electron chi connectivity index (χ4n) is 3.11. The van der Waals surface area contributed by atoms with Gasteiger partial charge in [0.25, 0.3) is 0 Å². The molecule has 0 bridgehead atoms. The molecule has 0 spiro atoms. The second kappa shape index (κ2) is 12.1. The number of nitrogens with one attached hydrogen (secondary N) is 2. The van der Waals surface area contributed by atoms with Crippen molar-refractivity contribution in [2.45, 2.75) is 45.4 Å². The SMILES string of the molecule is CC(C)C[C@H](NC(=O)OCc1ccccc1)C(=O)N[C@H](Cc1ccccc1C#N)C(=O)O. The van der Waals surface area contributed by atoms with Crippen molar-refractivity contribution in [3.05, 3.63) is 71.3 Å². The number of nitrogens with zero attached hydrogens (tertiary/aromatic N) is 1. The van der Waals surface area contributed by atoms with Crippen LogP contribution in [0, 0.1) is 17.2 Å². The van der Waals surface area contributed by atoms with Crippen LogP contribution >= 0.6 is 0 Å². The Morgan fingerprint density at radius 2 is 1.66 bits per heavy atom. The maximum absolute atomic E-state index is 12.8. The number of benzene rings is 2. The van der Waals surface area contributed by atoms with E-state index >= 15 is 0 Å². The van der Waals surface area contributed by atoms with Gasteiger partial charge in [0.2, 0.25) is 5.91 Å². The number of amides is 2. The molecule has 0 saturated heterocycles. The average Bonchev–Trinajstić information content (AvgIpc) is 2.77. The van der Waals surface area contributed by atoms with Gasteiger partial charge in [-0.3, -0.25) is 4.79 Å². The van der Waals surface area contributed by atoms with Crippen LogP contribution in [-0.2, 0) is 27.4 Å². The molecule has 8 heteroatoms. The van der Waals surface area contributed by atoms with Crippen molar-refractivity contribution in [1.82, 2.24) is 10.6 Å². The summed E-state index contributed by atoms with van der Waals surface area (Å²) in [5, 5.41) is 23.8. The van der Waals surface area contributed by atoms with Gasteiger partial charge in [-0.15, -0.1) is 0 Å². The van der Waals surface area contributed by atoms with Crippen molar-refractivity contribution in [2.75, 3.05) is 0 Å². The fraction of sp³-hybridized carbons (Fsp3) is 0.333. The highest BCUT2D eigenvalue weighted by atomic mass is 16.5. The predicted molar refractivity (Wildman–Crippen MR) is 117 cm³/mol. The van der Waals surface area contributed by atoms with E-state index in [0.29, 0.717) is 17.5 Å². The number of carbonyl (C=O) groups excluding carboxylic acids is 2. The molecule has 2 aromatic rings. The van der Waals surface area contributed by atoms with E-state index in [1.165, 1.54) is 0 Å². The standard InChI is InChI=1S/C24H27N3O5/c1-16(2)12-20(27-24(31)32-15-17-8-4-3-5-9-17)22(28)26-21(23(29)30)13-18-10-6-7-11-19(18)14-25/h3-11,16,20-21H,12-13,15H2,1-2H3,(H,26,28)(H,27,31)(H,29,30)/t20-,21+/m0/s1. The summed E-state index contributed by atoms with van der Waals surface area (Å²) in [6.45, 7) is 3.82. The lowest BCUT2D eigenvalue weighted by atomic mass is 9.99. The zero-order chi connectivity index (χ0) is 23.5. The summed E-state index contributed by atoms with van der Waals surface area (Å²) in [7, 11) is 0. The minimum absolute atomic E-state index is 0.0470. The molecule has 168 valence electrons. The number of hydrogen-bond acceptors (Lipinski definition) is 5. The first-order valence-electron chi connectivity index (χ1n) is 10.3. The Morgan fingerprint density at radius 1 is 1.00 bits per heavy atom. The first-order valence-corrected chi connectivity index (χ1v) is 10.3. The minimum atomic E-state index is -1.26. The van der Waals surface area contributed by atoms with Gasteiger partial charge in [-0.1, -0.05) is 62.4 Å². The van der Waals surface area contributed by atoms with Crippen molar-refractivity contribution >= 4 is 18.0 Å². The number of carboxylic acids is 1. The van der Waals surface area contributed by atoms with Gasteiger partial charge < -0.3 is 20.5 Å². The Kier molecular flexibility index (Phi) is 9.23. The van der Waals surface area contributed by atoms with Crippen LogP contribution in [0.2, 0.25) is 0 Å². The summed E-state index contributed by atoms with van der Waals surface area (Å²) >= 11 is 0. The van der Waals surface area contributed by atoms with Crippen molar-refractivity contribution in [3.63, 3.8) is 0 Å². The number of carboxylic acid groups (broad SMARTS) is 1. The molecule has 0 aliphatic carbocycles. The molecule has 2 amide bonds. The smallest absolute Gasteiger partial charge is 0.408 e. The minimum Gasteiger partial charge on any atom is -0.480 e. The van der Waals surface area contributed by atoms with Crippen LogP contribution < -0.4 is 10.6 Å². The Morgan fingerprint density at radius 3 is 2.28 bits per heavy atom. The second-order valence-corrected chi connectivity index (χ2v) is 7.76. The van der Waals surface area contributed by atoms with E-state index in [9.17, 15) is 24.8 Å². The molecule has 0 saturated carbocycles. The summed E-state index contributed by atoms with van der Waals surface area (Å²) < 4.78 is 5.19. The third-order valence-electron chi connectivity index (χ3n) is 4.70. The Labute approximate surface area is 187 Å². The average molecular weight is 437 g/mol. The van der Waals surface area contributed by atoms with Gasteiger partial charge in [0.1, 0.15) is 18.7 Å². The number of aliphatic carboxylic acids is 1. The highest BCUT2D eigenvalue weighted by Crippen LogP contribution is 2.12. The van der Waals surface area contributed by atoms with Gasteiger partial charge in [0.05, 0.1) is 11.6 Å². The van der Waals surface area contributed by atoms with Crippen LogP contribution in [-0.4, -0.2) is 35.2 Å². The summed E-state index contributed by atoms with van der Waals surface area (Å²) in [6.07, 6.45) is -0.526. The molecule has 0 aliphatic heterocycles. The number of nitriles is 1. The fourth-order valence-corrected chi connectivity index (χ4v) is 3.11. The van der Waals surface area contributed by atoms with Crippen LogP contribution in [0.15, 0.2) is 54.6 Å². The number of hydrogen-bond donors (Lipinski definition) is 3. The van der Waals surface area contributed by atoms with Gasteiger partial charge >= 0.3 is 12.1 Å². The van der Waals surface area contributed by atoms with Crippen LogP contribution in [0.1, 0.15) is 37.0 Å². The van der Waals surface area contributed by atoms with E-state index in [1.807, 2.05) is 50.2 Å². The monoisotopic (exact) mass is 437 g/mol. The number of alkyl carbamates (subject to hydrolysis) is 1. The maximum Gasteiger partial charge on any atom is 0.408 e. The molecule has 8 nitrogen and oxygen atoms in total. The van der Waals surface area contributed by atoms with E-state index in [4.69, 9.17) is 4.74 Å². The van der Waals surface area contributed by atoms with E-state index < -0.39 is 30.1 Å².